The number of hydrogen-bond donors (Lipinski definition) is 2. The highest BCUT2D eigenvalue weighted by atomic mass is 32.1. The Labute approximate surface area is 121 Å². The van der Waals surface area contributed by atoms with Gasteiger partial charge in [0.25, 0.3) is 0 Å². The maximum Gasteiger partial charge on any atom is 0.243 e. The third kappa shape index (κ3) is 3.84. The largest absolute Gasteiger partial charge is 0.318 e. The summed E-state index contributed by atoms with van der Waals surface area (Å²) in [7, 11) is 0. The number of carbonyl (C=O) groups excluding carboxylic acids is 1. The number of carbonyl (C=O) groups is 1. The van der Waals surface area contributed by atoms with Gasteiger partial charge in [0.1, 0.15) is 12.2 Å². The topological polar surface area (TPSA) is 84.7 Å². The lowest BCUT2D eigenvalue weighted by Crippen LogP contribution is -2.39. The van der Waals surface area contributed by atoms with Crippen molar-refractivity contribution in [2.24, 2.45) is 0 Å². The van der Waals surface area contributed by atoms with E-state index in [-0.39, 0.29) is 11.9 Å². The van der Waals surface area contributed by atoms with Crippen molar-refractivity contribution in [3.63, 3.8) is 0 Å². The van der Waals surface area contributed by atoms with Crippen molar-refractivity contribution in [3.8, 4) is 0 Å². The van der Waals surface area contributed by atoms with Gasteiger partial charge in [0.2, 0.25) is 5.91 Å². The number of nitrogens with one attached hydrogen (secondary N) is 2. The number of thiazole rings is 1. The highest BCUT2D eigenvalue weighted by Gasteiger charge is 2.13. The van der Waals surface area contributed by atoms with Gasteiger partial charge in [-0.05, 0) is 13.8 Å². The van der Waals surface area contributed by atoms with E-state index in [0.29, 0.717) is 11.7 Å². The molecule has 0 aliphatic heterocycles. The lowest BCUT2D eigenvalue weighted by Gasteiger charge is -2.12. The third-order valence-electron chi connectivity index (χ3n) is 2.89. The number of aryl methyl sites for hydroxylation is 1. The summed E-state index contributed by atoms with van der Waals surface area (Å²) < 4.78 is 1.99. The average molecular weight is 294 g/mol. The van der Waals surface area contributed by atoms with E-state index in [1.807, 2.05) is 23.8 Å². The molecule has 0 fully saturated rings. The summed E-state index contributed by atoms with van der Waals surface area (Å²) in [4.78, 5) is 15.9. The Kier molecular flexibility index (Phi) is 5.19. The Bertz CT molecular complexity index is 538. The Morgan fingerprint density at radius 1 is 1.55 bits per heavy atom. The van der Waals surface area contributed by atoms with Gasteiger partial charge in [-0.3, -0.25) is 4.79 Å². The zero-order valence-corrected chi connectivity index (χ0v) is 12.4. The molecule has 0 saturated carbocycles. The van der Waals surface area contributed by atoms with Crippen LogP contribution in [0.4, 0.5) is 5.13 Å². The molecule has 2 N–H and O–H groups in total. The van der Waals surface area contributed by atoms with Crippen LogP contribution in [-0.2, 0) is 17.8 Å². The first-order chi connectivity index (χ1) is 9.70. The van der Waals surface area contributed by atoms with E-state index >= 15 is 0 Å². The smallest absolute Gasteiger partial charge is 0.243 e. The molecule has 0 aromatic carbocycles. The van der Waals surface area contributed by atoms with Crippen LogP contribution in [0, 0.1) is 0 Å². The zero-order valence-electron chi connectivity index (χ0n) is 11.5. The summed E-state index contributed by atoms with van der Waals surface area (Å²) in [5, 5.41) is 16.3. The summed E-state index contributed by atoms with van der Waals surface area (Å²) in [6.45, 7) is 5.39. The molecule has 0 spiro atoms. The lowest BCUT2D eigenvalue weighted by molar-refractivity contribution is -0.117. The number of anilines is 1. The standard InChI is InChI=1S/C12H18N6OS/c1-3-18-8-15-17-10(18)4-5-13-9(2)11(19)16-12-14-6-7-20-12/h6-9,13H,3-5H2,1-2H3,(H,14,16,19)/t9-/m0/s1. The molecule has 2 rings (SSSR count). The van der Waals surface area contributed by atoms with E-state index in [2.05, 4.69) is 25.8 Å². The quantitative estimate of drug-likeness (QED) is 0.793. The monoisotopic (exact) mass is 294 g/mol. The summed E-state index contributed by atoms with van der Waals surface area (Å²) in [6, 6.07) is -0.281. The van der Waals surface area contributed by atoms with Gasteiger partial charge < -0.3 is 15.2 Å². The second kappa shape index (κ2) is 7.11. The van der Waals surface area contributed by atoms with E-state index in [1.165, 1.54) is 11.3 Å². The van der Waals surface area contributed by atoms with Gasteiger partial charge in [0.05, 0.1) is 6.04 Å². The van der Waals surface area contributed by atoms with E-state index < -0.39 is 0 Å². The fraction of sp³-hybridized carbons (Fsp3) is 0.500. The second-order valence-electron chi connectivity index (χ2n) is 4.29. The van der Waals surface area contributed by atoms with E-state index in [9.17, 15) is 4.79 Å². The van der Waals surface area contributed by atoms with Crippen molar-refractivity contribution in [3.05, 3.63) is 23.7 Å². The van der Waals surface area contributed by atoms with E-state index in [4.69, 9.17) is 0 Å². The molecule has 2 heterocycles. The Morgan fingerprint density at radius 2 is 2.40 bits per heavy atom. The molecule has 8 heteroatoms. The highest BCUT2D eigenvalue weighted by Crippen LogP contribution is 2.10. The minimum Gasteiger partial charge on any atom is -0.318 e. The predicted molar refractivity (Wildman–Crippen MR) is 77.6 cm³/mol. The molecule has 20 heavy (non-hydrogen) atoms. The number of hydrogen-bond acceptors (Lipinski definition) is 6. The molecule has 0 saturated heterocycles. The van der Waals surface area contributed by atoms with Crippen LogP contribution >= 0.6 is 11.3 Å². The van der Waals surface area contributed by atoms with Crippen LogP contribution in [0.2, 0.25) is 0 Å². The first-order valence-corrected chi connectivity index (χ1v) is 7.39. The minimum atomic E-state index is -0.281. The molecule has 108 valence electrons. The number of amides is 1. The molecular weight excluding hydrogens is 276 g/mol. The predicted octanol–water partition coefficient (Wildman–Crippen LogP) is 0.914. The fourth-order valence-corrected chi connectivity index (χ4v) is 2.26. The minimum absolute atomic E-state index is 0.0862. The van der Waals surface area contributed by atoms with Crippen LogP contribution in [0.15, 0.2) is 17.9 Å². The van der Waals surface area contributed by atoms with Crippen molar-refractivity contribution in [2.45, 2.75) is 32.9 Å². The van der Waals surface area contributed by atoms with Gasteiger partial charge in [0, 0.05) is 31.1 Å². The Morgan fingerprint density at radius 3 is 3.10 bits per heavy atom. The van der Waals surface area contributed by atoms with Crippen LogP contribution in [0.5, 0.6) is 0 Å². The van der Waals surface area contributed by atoms with Gasteiger partial charge in [-0.1, -0.05) is 0 Å². The maximum atomic E-state index is 11.9. The molecule has 0 unspecified atom stereocenters. The van der Waals surface area contributed by atoms with Crippen molar-refractivity contribution < 1.29 is 4.79 Å². The molecule has 7 nitrogen and oxygen atoms in total. The van der Waals surface area contributed by atoms with Crippen molar-refractivity contribution in [1.82, 2.24) is 25.1 Å². The number of rotatable bonds is 7. The van der Waals surface area contributed by atoms with Gasteiger partial charge in [0.15, 0.2) is 5.13 Å². The molecule has 1 amide bonds. The van der Waals surface area contributed by atoms with E-state index in [1.54, 1.807) is 12.5 Å². The Hall–Kier alpha value is -1.80. The molecule has 2 aromatic rings. The average Bonchev–Trinajstić information content (AvgIpc) is 3.09. The van der Waals surface area contributed by atoms with Crippen LogP contribution < -0.4 is 10.6 Å². The van der Waals surface area contributed by atoms with Crippen LogP contribution in [0.3, 0.4) is 0 Å². The van der Waals surface area contributed by atoms with Gasteiger partial charge in [-0.2, -0.15) is 0 Å². The van der Waals surface area contributed by atoms with Crippen molar-refractivity contribution in [2.75, 3.05) is 11.9 Å². The molecule has 1 atom stereocenters. The molecule has 0 bridgehead atoms. The second-order valence-corrected chi connectivity index (χ2v) is 5.18. The first-order valence-electron chi connectivity index (χ1n) is 6.51. The molecule has 2 aromatic heterocycles. The van der Waals surface area contributed by atoms with Crippen molar-refractivity contribution >= 4 is 22.4 Å². The summed E-state index contributed by atoms with van der Waals surface area (Å²) >= 11 is 1.40. The van der Waals surface area contributed by atoms with Crippen LogP contribution in [0.1, 0.15) is 19.7 Å². The number of nitrogens with zero attached hydrogens (tertiary/aromatic N) is 4. The molecule has 0 aliphatic rings. The molecular formula is C12H18N6OS. The first kappa shape index (κ1) is 14.6. The molecule has 0 aliphatic carbocycles. The van der Waals surface area contributed by atoms with Crippen molar-refractivity contribution in [1.29, 1.82) is 0 Å². The van der Waals surface area contributed by atoms with Gasteiger partial charge in [-0.25, -0.2) is 4.98 Å². The zero-order chi connectivity index (χ0) is 14.4. The SMILES string of the molecule is CCn1cnnc1CCN[C@@H](C)C(=O)Nc1nccs1. The normalized spacial score (nSPS) is 12.3. The van der Waals surface area contributed by atoms with Crippen LogP contribution in [0.25, 0.3) is 0 Å². The van der Waals surface area contributed by atoms with Gasteiger partial charge in [-0.15, -0.1) is 21.5 Å². The third-order valence-corrected chi connectivity index (χ3v) is 3.58. The summed E-state index contributed by atoms with van der Waals surface area (Å²) in [5.74, 6) is 0.837. The molecule has 0 radical (unpaired) electrons. The lowest BCUT2D eigenvalue weighted by atomic mass is 10.3. The summed E-state index contributed by atoms with van der Waals surface area (Å²) in [6.07, 6.45) is 4.12. The van der Waals surface area contributed by atoms with Crippen LogP contribution in [-0.4, -0.2) is 38.2 Å². The summed E-state index contributed by atoms with van der Waals surface area (Å²) in [5.41, 5.74) is 0. The van der Waals surface area contributed by atoms with Gasteiger partial charge >= 0.3 is 0 Å². The maximum absolute atomic E-state index is 11.9. The highest BCUT2D eigenvalue weighted by molar-refractivity contribution is 7.13. The Balaban J connectivity index is 1.74. The number of aromatic nitrogens is 4. The van der Waals surface area contributed by atoms with E-state index in [0.717, 1.165) is 18.8 Å². The fourth-order valence-electron chi connectivity index (χ4n) is 1.73.